The van der Waals surface area contributed by atoms with Gasteiger partial charge in [-0.2, -0.15) is 0 Å². The molecule has 2 heterocycles. The lowest BCUT2D eigenvalue weighted by Gasteiger charge is -2.35. The van der Waals surface area contributed by atoms with E-state index in [0.717, 1.165) is 12.0 Å². The van der Waals surface area contributed by atoms with Crippen LogP contribution in [0.15, 0.2) is 151 Å². The molecule has 46 heavy (non-hydrogen) atoms. The molecular weight excluding hydrogens is 559 g/mol. The maximum atomic E-state index is 7.94. The predicted octanol–water partition coefficient (Wildman–Crippen LogP) is 11.0. The maximum Gasteiger partial charge on any atom is 0.519 e. The molecule has 5 aromatic rings. The molecule has 0 atom stereocenters. The second-order valence-electron chi connectivity index (χ2n) is 12.9. The molecule has 2 aliphatic rings. The molecule has 0 amide bonds. The number of fused-ring (bicyclic) bond motifs is 5. The Morgan fingerprint density at radius 1 is 0.630 bits per heavy atom. The highest BCUT2D eigenvalue weighted by Gasteiger charge is 2.54. The molecule has 0 bridgehead atoms. The average molecular weight is 599 g/mol. The second-order valence-corrected chi connectivity index (χ2v) is 12.9. The molecule has 226 valence electrons. The summed E-state index contributed by atoms with van der Waals surface area (Å²) in [7, 11) is -0.172. The number of para-hydroxylation sites is 5. The van der Waals surface area contributed by atoms with Crippen LogP contribution in [-0.2, 0) is 0 Å². The molecule has 5 heteroatoms. The molecule has 5 aromatic carbocycles. The molecule has 0 radical (unpaired) electrons. The Balaban J connectivity index is 1.54. The molecule has 4 nitrogen and oxygen atoms in total. The topological polar surface area (TPSA) is 33.6 Å². The number of nitrogens with zero attached hydrogens (tertiary/aromatic N) is 3. The molecule has 0 aliphatic carbocycles. The van der Waals surface area contributed by atoms with E-state index in [9.17, 15) is 0 Å². The van der Waals surface area contributed by atoms with Crippen molar-refractivity contribution in [2.24, 2.45) is 5.41 Å². The molecule has 0 saturated heterocycles. The first-order valence-electron chi connectivity index (χ1n) is 16.1. The quantitative estimate of drug-likeness (QED) is 0.115. The Morgan fingerprint density at radius 3 is 1.61 bits per heavy atom. The third kappa shape index (κ3) is 4.93. The number of hydrogen-bond donors (Lipinski definition) is 1. The van der Waals surface area contributed by atoms with Crippen LogP contribution in [0, 0.1) is 10.8 Å². The molecule has 1 N–H and O–H groups in total. The number of rotatable bonds is 7. The largest absolute Gasteiger partial charge is 0.519 e. The molecule has 0 aromatic heterocycles. The smallest absolute Gasteiger partial charge is 0.347 e. The molecule has 0 fully saturated rings. The van der Waals surface area contributed by atoms with Gasteiger partial charge in [0.05, 0.1) is 22.7 Å². The summed E-state index contributed by atoms with van der Waals surface area (Å²) in [4.78, 5) is 7.58. The van der Waals surface area contributed by atoms with Crippen LogP contribution < -0.4 is 14.4 Å². The fourth-order valence-electron chi connectivity index (χ4n) is 6.89. The van der Waals surface area contributed by atoms with Crippen LogP contribution in [-0.4, -0.2) is 13.3 Å². The van der Waals surface area contributed by atoms with E-state index in [1.165, 1.54) is 62.6 Å². The van der Waals surface area contributed by atoms with Gasteiger partial charge in [0.25, 0.3) is 0 Å². The Bertz CT molecular complexity index is 1900. The predicted molar refractivity (Wildman–Crippen MR) is 197 cm³/mol. The van der Waals surface area contributed by atoms with Gasteiger partial charge in [-0.15, -0.1) is 0 Å². The zero-order valence-electron chi connectivity index (χ0n) is 27.0. The van der Waals surface area contributed by atoms with Gasteiger partial charge in [-0.1, -0.05) is 131 Å². The van der Waals surface area contributed by atoms with Crippen LogP contribution in [0.2, 0.25) is 0 Å². The van der Waals surface area contributed by atoms with E-state index in [4.69, 9.17) is 5.41 Å². The summed E-state index contributed by atoms with van der Waals surface area (Å²) in [5, 5.41) is 7.94. The third-order valence-electron chi connectivity index (χ3n) is 9.06. The van der Waals surface area contributed by atoms with Crippen molar-refractivity contribution in [2.45, 2.75) is 34.1 Å². The summed E-state index contributed by atoms with van der Waals surface area (Å²) in [6.45, 7) is 8.89. The summed E-state index contributed by atoms with van der Waals surface area (Å²) in [6.07, 6.45) is 6.50. The van der Waals surface area contributed by atoms with Crippen molar-refractivity contribution in [3.63, 3.8) is 0 Å². The lowest BCUT2D eigenvalue weighted by molar-refractivity contribution is 0.517. The van der Waals surface area contributed by atoms with Crippen LogP contribution in [0.4, 0.5) is 28.4 Å². The van der Waals surface area contributed by atoms with Gasteiger partial charge in [0.1, 0.15) is 0 Å². The van der Waals surface area contributed by atoms with Gasteiger partial charge in [-0.25, -0.2) is 0 Å². The third-order valence-corrected chi connectivity index (χ3v) is 9.06. The first kappa shape index (κ1) is 29.4. The van der Waals surface area contributed by atoms with Gasteiger partial charge < -0.3 is 19.8 Å². The molecule has 0 saturated carbocycles. The first-order valence-corrected chi connectivity index (χ1v) is 16.1. The SMILES string of the molecule is CC/C(=C\C(=C/C=N)C(C)(C)C)N1B2N(c3ccccc31)c1ccccc1N2c1c(-c2ccccc2)cccc1-c1ccccc1. The van der Waals surface area contributed by atoms with E-state index in [1.807, 2.05) is 6.08 Å². The standard InChI is InChI=1S/C41H39BN4/c1-5-33(29-32(27-28-43)41(2,3)4)44-36-23-12-13-24-37(36)45-38-25-14-15-26-39(38)46(42(44)45)40-34(30-17-8-6-9-18-30)21-16-22-35(40)31-19-10-7-11-20-31/h6-29,43H,5H2,1-4H3/b32-27+,33-29+,43-28?. The summed E-state index contributed by atoms with van der Waals surface area (Å²) in [5.41, 5.74) is 12.9. The van der Waals surface area contributed by atoms with Crippen molar-refractivity contribution >= 4 is 41.8 Å². The number of nitrogens with one attached hydrogen (secondary N) is 1. The highest BCUT2D eigenvalue weighted by molar-refractivity contribution is 6.79. The fraction of sp³-hybridized carbons (Fsp3) is 0.146. The summed E-state index contributed by atoms with van der Waals surface area (Å²) in [6, 6.07) is 45.8. The molecule has 0 spiro atoms. The van der Waals surface area contributed by atoms with Gasteiger partial charge in [-0.3, -0.25) is 0 Å². The van der Waals surface area contributed by atoms with E-state index in [0.29, 0.717) is 0 Å². The lowest BCUT2D eigenvalue weighted by Crippen LogP contribution is -2.53. The minimum Gasteiger partial charge on any atom is -0.347 e. The molecule has 2 aliphatic heterocycles. The number of benzene rings is 5. The summed E-state index contributed by atoms with van der Waals surface area (Å²) in [5.74, 6) is 0. The van der Waals surface area contributed by atoms with Crippen LogP contribution in [0.1, 0.15) is 34.1 Å². The molecule has 0 unspecified atom stereocenters. The van der Waals surface area contributed by atoms with E-state index in [2.05, 4.69) is 176 Å². The van der Waals surface area contributed by atoms with Gasteiger partial charge in [0.2, 0.25) is 0 Å². The highest BCUT2D eigenvalue weighted by Crippen LogP contribution is 2.57. The lowest BCUT2D eigenvalue weighted by atomic mass is 9.81. The van der Waals surface area contributed by atoms with Crippen molar-refractivity contribution in [1.82, 2.24) is 0 Å². The Morgan fingerprint density at radius 2 is 1.11 bits per heavy atom. The Kier molecular flexibility index (Phi) is 7.62. The maximum absolute atomic E-state index is 7.94. The minimum atomic E-state index is -0.172. The van der Waals surface area contributed by atoms with Crippen LogP contribution in [0.5, 0.6) is 0 Å². The Labute approximate surface area is 273 Å². The van der Waals surface area contributed by atoms with Gasteiger partial charge in [0, 0.05) is 28.7 Å². The Hall–Kier alpha value is -5.29. The summed E-state index contributed by atoms with van der Waals surface area (Å²) < 4.78 is 0. The van der Waals surface area contributed by atoms with E-state index in [1.54, 1.807) is 0 Å². The van der Waals surface area contributed by atoms with Crippen molar-refractivity contribution in [3.05, 3.63) is 151 Å². The van der Waals surface area contributed by atoms with Crippen LogP contribution in [0.25, 0.3) is 22.3 Å². The number of anilines is 5. The summed E-state index contributed by atoms with van der Waals surface area (Å²) >= 11 is 0. The van der Waals surface area contributed by atoms with Gasteiger partial charge in [0.15, 0.2) is 0 Å². The van der Waals surface area contributed by atoms with Crippen molar-refractivity contribution < 1.29 is 0 Å². The van der Waals surface area contributed by atoms with Crippen LogP contribution in [0.3, 0.4) is 0 Å². The van der Waals surface area contributed by atoms with E-state index >= 15 is 0 Å². The zero-order chi connectivity index (χ0) is 31.8. The highest BCUT2D eigenvalue weighted by atomic mass is 15.4. The molecular formula is C41H39BN4. The van der Waals surface area contributed by atoms with Crippen molar-refractivity contribution in [2.75, 3.05) is 14.4 Å². The van der Waals surface area contributed by atoms with Crippen molar-refractivity contribution in [1.29, 1.82) is 5.41 Å². The molecule has 7 rings (SSSR count). The fourth-order valence-corrected chi connectivity index (χ4v) is 6.89. The second kappa shape index (κ2) is 11.9. The van der Waals surface area contributed by atoms with Gasteiger partial charge >= 0.3 is 7.12 Å². The van der Waals surface area contributed by atoms with E-state index < -0.39 is 0 Å². The number of hydrogen-bond acceptors (Lipinski definition) is 4. The normalized spacial score (nSPS) is 14.3. The zero-order valence-corrected chi connectivity index (χ0v) is 27.0. The first-order chi connectivity index (χ1) is 22.4. The number of allylic oxidation sites excluding steroid dienone is 4. The monoisotopic (exact) mass is 598 g/mol. The van der Waals surface area contributed by atoms with Crippen LogP contribution >= 0.6 is 0 Å². The minimum absolute atomic E-state index is 0.115. The van der Waals surface area contributed by atoms with E-state index in [-0.39, 0.29) is 12.5 Å². The average Bonchev–Trinajstić information content (AvgIpc) is 3.59. The van der Waals surface area contributed by atoms with Gasteiger partial charge in [-0.05, 0) is 65.0 Å². The van der Waals surface area contributed by atoms with Crippen molar-refractivity contribution in [3.8, 4) is 22.3 Å².